The lowest BCUT2D eigenvalue weighted by Gasteiger charge is -2.04. The van der Waals surface area contributed by atoms with Crippen LogP contribution in [0.5, 0.6) is 0 Å². The molecule has 0 bridgehead atoms. The average molecular weight is 194 g/mol. The first-order chi connectivity index (χ1) is 6.04. The number of hydrogen-bond acceptors (Lipinski definition) is 3. The van der Waals surface area contributed by atoms with Crippen molar-refractivity contribution >= 4 is 6.16 Å². The first-order valence-corrected chi connectivity index (χ1v) is 4.25. The van der Waals surface area contributed by atoms with Crippen LogP contribution in [0.3, 0.4) is 0 Å². The van der Waals surface area contributed by atoms with Crippen LogP contribution in [0.15, 0.2) is 0 Å². The summed E-state index contributed by atoms with van der Waals surface area (Å²) >= 11 is 0. The summed E-state index contributed by atoms with van der Waals surface area (Å²) in [5, 5.41) is 31.2. The first kappa shape index (κ1) is 14.7. The largest absolute Gasteiger partial charge is 0.503 e. The number of rotatable bonds is 5. The Balaban J connectivity index is 0. The molecule has 4 N–H and O–H groups in total. The van der Waals surface area contributed by atoms with Crippen LogP contribution in [0.25, 0.3) is 0 Å². The molecule has 0 spiro atoms. The molecule has 0 heterocycles. The predicted molar refractivity (Wildman–Crippen MR) is 47.9 cm³/mol. The van der Waals surface area contributed by atoms with Crippen LogP contribution in [0, 0.1) is 0 Å². The Kier molecular flexibility index (Phi) is 12.7. The van der Waals surface area contributed by atoms with Crippen molar-refractivity contribution in [2.24, 2.45) is 0 Å². The molecule has 0 aliphatic rings. The molecule has 0 aliphatic carbocycles. The van der Waals surface area contributed by atoms with Gasteiger partial charge in [0.2, 0.25) is 0 Å². The summed E-state index contributed by atoms with van der Waals surface area (Å²) in [6.45, 7) is 2.02. The third kappa shape index (κ3) is 24.7. The molecule has 1 unspecified atom stereocenters. The van der Waals surface area contributed by atoms with Crippen molar-refractivity contribution in [2.45, 2.75) is 38.7 Å². The second-order valence-electron chi connectivity index (χ2n) is 2.61. The number of carboxylic acid groups (broad SMARTS) is 2. The monoisotopic (exact) mass is 194 g/mol. The van der Waals surface area contributed by atoms with Crippen LogP contribution in [-0.4, -0.2) is 39.3 Å². The highest BCUT2D eigenvalue weighted by Gasteiger charge is 1.98. The van der Waals surface area contributed by atoms with Crippen LogP contribution in [0.1, 0.15) is 32.6 Å². The minimum absolute atomic E-state index is 0.0935. The molecule has 5 nitrogen and oxygen atoms in total. The Morgan fingerprint density at radius 2 is 1.77 bits per heavy atom. The van der Waals surface area contributed by atoms with E-state index >= 15 is 0 Å². The topological polar surface area (TPSA) is 98.0 Å². The van der Waals surface area contributed by atoms with Gasteiger partial charge in [0.05, 0.1) is 12.7 Å². The SMILES string of the molecule is CCCCCC(O)CO.O=C(O)O. The standard InChI is InChI=1S/C7H16O2.CH2O3/c1-2-3-4-5-7(9)6-8;2-1(3)4/h7-9H,2-6H2,1H3;(H2,2,3,4). The molecule has 0 rings (SSSR count). The van der Waals surface area contributed by atoms with Gasteiger partial charge in [-0.3, -0.25) is 0 Å². The van der Waals surface area contributed by atoms with Crippen molar-refractivity contribution in [3.63, 3.8) is 0 Å². The fourth-order valence-corrected chi connectivity index (χ4v) is 0.721. The van der Waals surface area contributed by atoms with Gasteiger partial charge in [0.1, 0.15) is 0 Å². The molecule has 1 atom stereocenters. The molecule has 0 fully saturated rings. The fourth-order valence-electron chi connectivity index (χ4n) is 0.721. The third-order valence-electron chi connectivity index (χ3n) is 1.35. The first-order valence-electron chi connectivity index (χ1n) is 4.25. The quantitative estimate of drug-likeness (QED) is 0.492. The number of aliphatic hydroxyl groups excluding tert-OH is 2. The van der Waals surface area contributed by atoms with E-state index in [1.165, 1.54) is 0 Å². The fraction of sp³-hybridized carbons (Fsp3) is 0.875. The zero-order chi connectivity index (χ0) is 10.7. The smallest absolute Gasteiger partial charge is 0.450 e. The summed E-state index contributed by atoms with van der Waals surface area (Å²) in [5.74, 6) is 0. The van der Waals surface area contributed by atoms with E-state index in [0.29, 0.717) is 0 Å². The van der Waals surface area contributed by atoms with E-state index in [1.807, 2.05) is 0 Å². The summed E-state index contributed by atoms with van der Waals surface area (Å²) in [6.07, 6.45) is 1.76. The molecular weight excluding hydrogens is 176 g/mol. The van der Waals surface area contributed by atoms with Crippen molar-refractivity contribution in [2.75, 3.05) is 6.61 Å². The van der Waals surface area contributed by atoms with Gasteiger partial charge in [-0.1, -0.05) is 26.2 Å². The van der Waals surface area contributed by atoms with Gasteiger partial charge in [-0.05, 0) is 6.42 Å². The maximum atomic E-state index is 8.83. The van der Waals surface area contributed by atoms with Gasteiger partial charge in [0, 0.05) is 0 Å². The van der Waals surface area contributed by atoms with E-state index in [-0.39, 0.29) is 6.61 Å². The van der Waals surface area contributed by atoms with E-state index in [4.69, 9.17) is 25.2 Å². The molecule has 0 saturated heterocycles. The summed E-state index contributed by atoms with van der Waals surface area (Å²) < 4.78 is 0. The van der Waals surface area contributed by atoms with Gasteiger partial charge in [-0.2, -0.15) is 0 Å². The normalized spacial score (nSPS) is 11.3. The molecule has 0 saturated carbocycles. The highest BCUT2D eigenvalue weighted by Crippen LogP contribution is 2.01. The van der Waals surface area contributed by atoms with Gasteiger partial charge in [0.15, 0.2) is 0 Å². The molecule has 0 aromatic heterocycles. The summed E-state index contributed by atoms with van der Waals surface area (Å²) in [5.41, 5.74) is 0. The molecule has 0 aromatic carbocycles. The van der Waals surface area contributed by atoms with Crippen molar-refractivity contribution in [1.29, 1.82) is 0 Å². The Hall–Kier alpha value is -0.810. The number of carbonyl (C=O) groups is 1. The molecule has 5 heteroatoms. The van der Waals surface area contributed by atoms with Crippen molar-refractivity contribution < 1.29 is 25.2 Å². The second-order valence-corrected chi connectivity index (χ2v) is 2.61. The van der Waals surface area contributed by atoms with Crippen LogP contribution in [0.4, 0.5) is 4.79 Å². The molecular formula is C8H18O5. The highest BCUT2D eigenvalue weighted by atomic mass is 16.6. The van der Waals surface area contributed by atoms with Crippen molar-refractivity contribution in [1.82, 2.24) is 0 Å². The lowest BCUT2D eigenvalue weighted by atomic mass is 10.1. The van der Waals surface area contributed by atoms with Gasteiger partial charge >= 0.3 is 6.16 Å². The minimum atomic E-state index is -1.83. The molecule has 80 valence electrons. The summed E-state index contributed by atoms with van der Waals surface area (Å²) in [6, 6.07) is 0. The van der Waals surface area contributed by atoms with Gasteiger partial charge in [-0.25, -0.2) is 4.79 Å². The van der Waals surface area contributed by atoms with Crippen LogP contribution in [0.2, 0.25) is 0 Å². The maximum Gasteiger partial charge on any atom is 0.503 e. The van der Waals surface area contributed by atoms with Gasteiger partial charge in [-0.15, -0.1) is 0 Å². The zero-order valence-corrected chi connectivity index (χ0v) is 7.81. The van der Waals surface area contributed by atoms with E-state index < -0.39 is 12.3 Å². The van der Waals surface area contributed by atoms with E-state index in [1.54, 1.807) is 0 Å². The Bertz CT molecular complexity index is 111. The Labute approximate surface area is 77.6 Å². The van der Waals surface area contributed by atoms with Crippen LogP contribution >= 0.6 is 0 Å². The number of unbranched alkanes of at least 4 members (excludes halogenated alkanes) is 2. The third-order valence-corrected chi connectivity index (χ3v) is 1.35. The van der Waals surface area contributed by atoms with E-state index in [0.717, 1.165) is 25.7 Å². The minimum Gasteiger partial charge on any atom is -0.450 e. The zero-order valence-electron chi connectivity index (χ0n) is 7.81. The van der Waals surface area contributed by atoms with Crippen molar-refractivity contribution in [3.05, 3.63) is 0 Å². The lowest BCUT2D eigenvalue weighted by molar-refractivity contribution is 0.0861. The number of hydrogen-bond donors (Lipinski definition) is 4. The molecule has 0 aromatic rings. The number of aliphatic hydroxyl groups is 2. The maximum absolute atomic E-state index is 8.83. The van der Waals surface area contributed by atoms with Crippen LogP contribution < -0.4 is 0 Å². The van der Waals surface area contributed by atoms with E-state index in [9.17, 15) is 0 Å². The lowest BCUT2D eigenvalue weighted by Crippen LogP contribution is -2.10. The highest BCUT2D eigenvalue weighted by molar-refractivity contribution is 5.53. The van der Waals surface area contributed by atoms with Crippen molar-refractivity contribution in [3.8, 4) is 0 Å². The summed E-state index contributed by atoms with van der Waals surface area (Å²) in [7, 11) is 0. The van der Waals surface area contributed by atoms with Gasteiger partial charge < -0.3 is 20.4 Å². The molecule has 0 radical (unpaired) electrons. The average Bonchev–Trinajstić information content (AvgIpc) is 2.03. The molecule has 0 amide bonds. The molecule has 13 heavy (non-hydrogen) atoms. The summed E-state index contributed by atoms with van der Waals surface area (Å²) in [4.78, 5) is 8.56. The van der Waals surface area contributed by atoms with E-state index in [2.05, 4.69) is 6.92 Å². The molecule has 0 aliphatic heterocycles. The predicted octanol–water partition coefficient (Wildman–Crippen LogP) is 1.14. The van der Waals surface area contributed by atoms with Crippen LogP contribution in [-0.2, 0) is 0 Å². The Morgan fingerprint density at radius 1 is 1.31 bits per heavy atom. The Morgan fingerprint density at radius 3 is 2.08 bits per heavy atom. The second kappa shape index (κ2) is 11.2. The van der Waals surface area contributed by atoms with Gasteiger partial charge in [0.25, 0.3) is 0 Å².